The summed E-state index contributed by atoms with van der Waals surface area (Å²) in [5, 5.41) is 13.2. The van der Waals surface area contributed by atoms with E-state index < -0.39 is 12.2 Å². The second-order valence-electron chi connectivity index (χ2n) is 12.3. The van der Waals surface area contributed by atoms with E-state index in [0.717, 1.165) is 43.9 Å². The number of piperidine rings is 1. The SMILES string of the molecule is CN1CC(=O)N2C(CN(Cc3nccn3C)C(=O)[C@@H]2Cc2ccc(O)cc2)N1C(=O)CC1CCN(Cc2ccccc2)CC1. The van der Waals surface area contributed by atoms with Gasteiger partial charge in [-0.15, -0.1) is 0 Å². The van der Waals surface area contributed by atoms with Crippen molar-refractivity contribution in [2.75, 3.05) is 33.2 Å². The standard InChI is InChI=1S/C33H41N7O4/c1-35-17-14-34-29(35)21-38-22-30-39(28(33(38)44)18-24-8-10-27(41)11-9-24)32(43)23-36(2)40(30)31(42)19-25-12-15-37(16-13-25)20-26-6-4-3-5-7-26/h3-11,14,17,25,28,30,41H,12-13,15-16,18-23H2,1-2H3/t28-,30?/m0/s1. The number of nitrogens with zero attached hydrogens (tertiary/aromatic N) is 7. The molecule has 1 N–H and O–H groups in total. The number of carbonyl (C=O) groups is 3. The minimum absolute atomic E-state index is 0.0221. The number of hydrazine groups is 1. The molecule has 2 aromatic carbocycles. The van der Waals surface area contributed by atoms with Gasteiger partial charge in [0, 0.05) is 45.9 Å². The third-order valence-corrected chi connectivity index (χ3v) is 9.23. The van der Waals surface area contributed by atoms with Crippen LogP contribution in [0.25, 0.3) is 0 Å². The molecule has 3 fully saturated rings. The van der Waals surface area contributed by atoms with E-state index >= 15 is 0 Å². The number of carbonyl (C=O) groups excluding carboxylic acids is 3. The van der Waals surface area contributed by atoms with Crippen LogP contribution in [0.2, 0.25) is 0 Å². The molecule has 232 valence electrons. The molecule has 2 atom stereocenters. The molecule has 3 aliphatic rings. The van der Waals surface area contributed by atoms with E-state index in [1.54, 1.807) is 57.3 Å². The number of aromatic nitrogens is 2. The fraction of sp³-hybridized carbons (Fsp3) is 0.455. The zero-order valence-electron chi connectivity index (χ0n) is 25.5. The van der Waals surface area contributed by atoms with Crippen molar-refractivity contribution in [3.63, 3.8) is 0 Å². The van der Waals surface area contributed by atoms with Crippen LogP contribution >= 0.6 is 0 Å². The highest BCUT2D eigenvalue weighted by Gasteiger charge is 2.50. The van der Waals surface area contributed by atoms with Crippen molar-refractivity contribution in [1.82, 2.24) is 34.3 Å². The van der Waals surface area contributed by atoms with Crippen LogP contribution in [-0.4, -0.2) is 103 Å². The van der Waals surface area contributed by atoms with Gasteiger partial charge in [0.15, 0.2) is 0 Å². The molecule has 0 saturated carbocycles. The smallest absolute Gasteiger partial charge is 0.246 e. The Hall–Kier alpha value is -4.22. The number of phenols is 1. The number of fused-ring (bicyclic) bond motifs is 1. The number of hydrogen-bond acceptors (Lipinski definition) is 7. The quantitative estimate of drug-likeness (QED) is 0.424. The lowest BCUT2D eigenvalue weighted by molar-refractivity contribution is -0.203. The van der Waals surface area contributed by atoms with Gasteiger partial charge in [-0.1, -0.05) is 42.5 Å². The third kappa shape index (κ3) is 6.34. The number of aromatic hydroxyl groups is 1. The van der Waals surface area contributed by atoms with Crippen molar-refractivity contribution in [2.45, 2.75) is 51.0 Å². The second-order valence-corrected chi connectivity index (χ2v) is 12.3. The van der Waals surface area contributed by atoms with Gasteiger partial charge in [0.2, 0.25) is 17.7 Å². The van der Waals surface area contributed by atoms with Crippen molar-refractivity contribution < 1.29 is 19.5 Å². The first-order valence-corrected chi connectivity index (χ1v) is 15.4. The number of hydrogen-bond donors (Lipinski definition) is 1. The lowest BCUT2D eigenvalue weighted by Crippen LogP contribution is -2.75. The second kappa shape index (κ2) is 12.8. The minimum Gasteiger partial charge on any atom is -0.508 e. The summed E-state index contributed by atoms with van der Waals surface area (Å²) in [5.41, 5.74) is 2.12. The number of aryl methyl sites for hydroxylation is 1. The van der Waals surface area contributed by atoms with Crippen molar-refractivity contribution >= 4 is 17.7 Å². The normalized spacial score (nSPS) is 22.0. The van der Waals surface area contributed by atoms with E-state index in [9.17, 15) is 19.5 Å². The van der Waals surface area contributed by atoms with Gasteiger partial charge in [0.05, 0.1) is 19.6 Å². The molecule has 1 unspecified atom stereocenters. The van der Waals surface area contributed by atoms with Crippen molar-refractivity contribution in [1.29, 1.82) is 0 Å². The Balaban J connectivity index is 1.20. The molecule has 3 amide bonds. The summed E-state index contributed by atoms with van der Waals surface area (Å²) >= 11 is 0. The van der Waals surface area contributed by atoms with E-state index in [1.165, 1.54) is 5.56 Å². The number of likely N-dealkylation sites (N-methyl/N-ethyl adjacent to an activating group) is 1. The molecule has 44 heavy (non-hydrogen) atoms. The van der Waals surface area contributed by atoms with Gasteiger partial charge in [-0.25, -0.2) is 9.99 Å². The van der Waals surface area contributed by atoms with Gasteiger partial charge in [0.1, 0.15) is 23.8 Å². The van der Waals surface area contributed by atoms with Crippen LogP contribution in [0, 0.1) is 5.92 Å². The molecule has 0 spiro atoms. The monoisotopic (exact) mass is 599 g/mol. The molecule has 11 nitrogen and oxygen atoms in total. The Morgan fingerprint density at radius 2 is 1.68 bits per heavy atom. The fourth-order valence-corrected chi connectivity index (χ4v) is 6.82. The highest BCUT2D eigenvalue weighted by Crippen LogP contribution is 2.31. The number of amides is 3. The number of benzene rings is 2. The third-order valence-electron chi connectivity index (χ3n) is 9.23. The van der Waals surface area contributed by atoms with Crippen LogP contribution < -0.4 is 0 Å². The van der Waals surface area contributed by atoms with Gasteiger partial charge in [-0.2, -0.15) is 0 Å². The number of imidazole rings is 1. The number of rotatable bonds is 8. The maximum absolute atomic E-state index is 14.1. The first kappa shape index (κ1) is 29.8. The van der Waals surface area contributed by atoms with E-state index in [1.807, 2.05) is 23.9 Å². The Morgan fingerprint density at radius 1 is 0.955 bits per heavy atom. The summed E-state index contributed by atoms with van der Waals surface area (Å²) in [6, 6.07) is 16.4. The molecular weight excluding hydrogens is 558 g/mol. The molecule has 4 heterocycles. The molecule has 3 saturated heterocycles. The van der Waals surface area contributed by atoms with Gasteiger partial charge in [-0.3, -0.25) is 24.3 Å². The Morgan fingerprint density at radius 3 is 2.36 bits per heavy atom. The van der Waals surface area contributed by atoms with Crippen molar-refractivity contribution in [3.8, 4) is 5.75 Å². The number of phenolic OH excluding ortho intramolecular Hbond substituents is 1. The molecule has 0 bridgehead atoms. The van der Waals surface area contributed by atoms with Crippen LogP contribution in [-0.2, 0) is 40.9 Å². The van der Waals surface area contributed by atoms with E-state index in [4.69, 9.17) is 0 Å². The summed E-state index contributed by atoms with van der Waals surface area (Å²) in [4.78, 5) is 51.9. The van der Waals surface area contributed by atoms with E-state index in [-0.39, 0.29) is 55.4 Å². The summed E-state index contributed by atoms with van der Waals surface area (Å²) in [5.74, 6) is 0.752. The number of piperazine rings is 1. The highest BCUT2D eigenvalue weighted by atomic mass is 16.3. The fourth-order valence-electron chi connectivity index (χ4n) is 6.82. The summed E-state index contributed by atoms with van der Waals surface area (Å²) in [6.07, 6.45) is 5.48. The zero-order chi connectivity index (χ0) is 30.8. The average molecular weight is 600 g/mol. The highest BCUT2D eigenvalue weighted by molar-refractivity contribution is 5.91. The molecule has 6 rings (SSSR count). The van der Waals surface area contributed by atoms with E-state index in [2.05, 4.69) is 34.1 Å². The average Bonchev–Trinajstić information content (AvgIpc) is 3.41. The van der Waals surface area contributed by atoms with Crippen LogP contribution in [0.5, 0.6) is 5.75 Å². The molecule has 1 aromatic heterocycles. The topological polar surface area (TPSA) is 105 Å². The predicted octanol–water partition coefficient (Wildman–Crippen LogP) is 2.23. The maximum Gasteiger partial charge on any atom is 0.246 e. The van der Waals surface area contributed by atoms with Crippen LogP contribution in [0.3, 0.4) is 0 Å². The Labute approximate surface area is 258 Å². The Bertz CT molecular complexity index is 1470. The number of likely N-dealkylation sites (tertiary alicyclic amines) is 1. The Kier molecular flexibility index (Phi) is 8.67. The van der Waals surface area contributed by atoms with Crippen molar-refractivity contribution in [3.05, 3.63) is 83.9 Å². The lowest BCUT2D eigenvalue weighted by Gasteiger charge is -2.54. The minimum atomic E-state index is -0.781. The van der Waals surface area contributed by atoms with Crippen LogP contribution in [0.1, 0.15) is 36.2 Å². The van der Waals surface area contributed by atoms with Gasteiger partial charge < -0.3 is 19.5 Å². The van der Waals surface area contributed by atoms with Gasteiger partial charge >= 0.3 is 0 Å². The molecule has 3 aromatic rings. The van der Waals surface area contributed by atoms with Crippen molar-refractivity contribution in [2.24, 2.45) is 13.0 Å². The van der Waals surface area contributed by atoms with Crippen LogP contribution in [0.4, 0.5) is 0 Å². The summed E-state index contributed by atoms with van der Waals surface area (Å²) in [7, 11) is 3.67. The first-order valence-electron chi connectivity index (χ1n) is 15.4. The van der Waals surface area contributed by atoms with Crippen LogP contribution in [0.15, 0.2) is 67.0 Å². The maximum atomic E-state index is 14.1. The zero-order valence-corrected chi connectivity index (χ0v) is 25.5. The largest absolute Gasteiger partial charge is 0.508 e. The molecular formula is C33H41N7O4. The first-order chi connectivity index (χ1) is 21.3. The molecule has 11 heteroatoms. The predicted molar refractivity (Wildman–Crippen MR) is 163 cm³/mol. The molecule has 0 aliphatic carbocycles. The summed E-state index contributed by atoms with van der Waals surface area (Å²) in [6.45, 7) is 3.30. The molecule has 3 aliphatic heterocycles. The lowest BCUT2D eigenvalue weighted by atomic mass is 9.92. The van der Waals surface area contributed by atoms with E-state index in [0.29, 0.717) is 6.42 Å². The van der Waals surface area contributed by atoms with Gasteiger partial charge in [-0.05, 0) is 55.1 Å². The van der Waals surface area contributed by atoms with Gasteiger partial charge in [0.25, 0.3) is 0 Å². The molecule has 0 radical (unpaired) electrons. The summed E-state index contributed by atoms with van der Waals surface area (Å²) < 4.78 is 1.87.